The molecular formula is C8H14BF4LiO4. The molecule has 102 valence electrons. The third-order valence-electron chi connectivity index (χ3n) is 1.31. The number of rotatable bonds is 0. The SMILES string of the molecule is C1=COCCOCCOCCO1.F[B-](F)(F)F.[Li+]. The Labute approximate surface area is 115 Å². The van der Waals surface area contributed by atoms with Gasteiger partial charge in [0.15, 0.2) is 0 Å². The van der Waals surface area contributed by atoms with Crippen LogP contribution in [0.1, 0.15) is 0 Å². The van der Waals surface area contributed by atoms with Crippen molar-refractivity contribution < 1.29 is 55.1 Å². The van der Waals surface area contributed by atoms with E-state index in [0.717, 1.165) is 0 Å². The van der Waals surface area contributed by atoms with Crippen molar-refractivity contribution in [2.45, 2.75) is 0 Å². The van der Waals surface area contributed by atoms with Crippen LogP contribution in [-0.2, 0) is 18.9 Å². The van der Waals surface area contributed by atoms with Gasteiger partial charge >= 0.3 is 26.1 Å². The first-order valence-corrected chi connectivity index (χ1v) is 4.91. The van der Waals surface area contributed by atoms with Crippen LogP contribution in [0.25, 0.3) is 0 Å². The molecule has 0 aromatic rings. The van der Waals surface area contributed by atoms with E-state index in [1.54, 1.807) is 0 Å². The van der Waals surface area contributed by atoms with E-state index < -0.39 is 7.25 Å². The molecule has 0 amide bonds. The average Bonchev–Trinajstić information content (AvgIpc) is 2.15. The van der Waals surface area contributed by atoms with E-state index in [1.165, 1.54) is 12.5 Å². The Morgan fingerprint density at radius 3 is 1.28 bits per heavy atom. The molecule has 0 spiro atoms. The van der Waals surface area contributed by atoms with E-state index >= 15 is 0 Å². The summed E-state index contributed by atoms with van der Waals surface area (Å²) >= 11 is 0. The van der Waals surface area contributed by atoms with Gasteiger partial charge in [-0.2, -0.15) is 0 Å². The van der Waals surface area contributed by atoms with Crippen LogP contribution in [0.2, 0.25) is 0 Å². The van der Waals surface area contributed by atoms with Crippen molar-refractivity contribution in [2.75, 3.05) is 39.6 Å². The molecule has 0 saturated heterocycles. The van der Waals surface area contributed by atoms with E-state index in [1.807, 2.05) is 0 Å². The summed E-state index contributed by atoms with van der Waals surface area (Å²) in [4.78, 5) is 0. The molecule has 1 heterocycles. The van der Waals surface area contributed by atoms with Crippen molar-refractivity contribution >= 4 is 7.25 Å². The van der Waals surface area contributed by atoms with Gasteiger partial charge in [-0.3, -0.25) is 0 Å². The number of hydrogen-bond acceptors (Lipinski definition) is 4. The predicted molar refractivity (Wildman–Crippen MR) is 52.9 cm³/mol. The first-order valence-electron chi connectivity index (χ1n) is 4.91. The van der Waals surface area contributed by atoms with E-state index in [2.05, 4.69) is 0 Å². The molecule has 0 aliphatic carbocycles. The minimum atomic E-state index is -6.00. The summed E-state index contributed by atoms with van der Waals surface area (Å²) in [6.45, 7) is 3.53. The second-order valence-electron chi connectivity index (χ2n) is 2.73. The number of ether oxygens (including phenoxy) is 4. The maximum absolute atomic E-state index is 9.75. The molecule has 0 bridgehead atoms. The van der Waals surface area contributed by atoms with Crippen molar-refractivity contribution in [1.29, 1.82) is 0 Å². The van der Waals surface area contributed by atoms with E-state index in [-0.39, 0.29) is 18.9 Å². The zero-order valence-corrected chi connectivity index (χ0v) is 10.1. The fourth-order valence-corrected chi connectivity index (χ4v) is 0.751. The molecule has 4 nitrogen and oxygen atoms in total. The van der Waals surface area contributed by atoms with Crippen LogP contribution in [0.15, 0.2) is 12.5 Å². The molecule has 1 rings (SSSR count). The Bertz CT molecular complexity index is 186. The van der Waals surface area contributed by atoms with Crippen molar-refractivity contribution in [2.24, 2.45) is 0 Å². The topological polar surface area (TPSA) is 36.9 Å². The molecule has 0 saturated carbocycles. The molecule has 1 aliphatic heterocycles. The normalized spacial score (nSPS) is 17.6. The van der Waals surface area contributed by atoms with E-state index in [9.17, 15) is 17.3 Å². The van der Waals surface area contributed by atoms with Gasteiger partial charge in [0, 0.05) is 0 Å². The van der Waals surface area contributed by atoms with Gasteiger partial charge < -0.3 is 36.2 Å². The van der Waals surface area contributed by atoms with Gasteiger partial charge in [0.2, 0.25) is 0 Å². The van der Waals surface area contributed by atoms with Gasteiger partial charge in [-0.1, -0.05) is 0 Å². The van der Waals surface area contributed by atoms with E-state index in [4.69, 9.17) is 18.9 Å². The Morgan fingerprint density at radius 2 is 0.944 bits per heavy atom. The number of hydrogen-bond donors (Lipinski definition) is 0. The molecule has 1 aliphatic rings. The minimum Gasteiger partial charge on any atom is -0.496 e. The maximum atomic E-state index is 9.75. The Hall–Kier alpha value is -0.358. The van der Waals surface area contributed by atoms with Crippen molar-refractivity contribution in [3.8, 4) is 0 Å². The molecule has 10 heteroatoms. The fourth-order valence-electron chi connectivity index (χ4n) is 0.751. The summed E-state index contributed by atoms with van der Waals surface area (Å²) in [6, 6.07) is 0. The van der Waals surface area contributed by atoms with Gasteiger partial charge in [-0.05, 0) is 0 Å². The molecule has 0 aromatic carbocycles. The predicted octanol–water partition coefficient (Wildman–Crippen LogP) is -1.16. The summed E-state index contributed by atoms with van der Waals surface area (Å²) in [5.74, 6) is 0. The van der Waals surface area contributed by atoms with Crippen LogP contribution in [-0.4, -0.2) is 46.9 Å². The van der Waals surface area contributed by atoms with E-state index in [0.29, 0.717) is 39.6 Å². The molecule has 0 atom stereocenters. The second kappa shape index (κ2) is 13.1. The number of halogens is 4. The third-order valence-corrected chi connectivity index (χ3v) is 1.31. The average molecular weight is 268 g/mol. The van der Waals surface area contributed by atoms with Crippen molar-refractivity contribution in [3.63, 3.8) is 0 Å². The standard InChI is InChI=1S/C8H14O4.BF4.Li/c1-2-10-5-6-12-8-7-11-4-3-9-1;2-1(3,4)5;/h1-2H,3-8H2;;/q;-1;+1. The minimum absolute atomic E-state index is 0. The zero-order valence-electron chi connectivity index (χ0n) is 10.1. The largest absolute Gasteiger partial charge is 1.00 e. The molecule has 0 radical (unpaired) electrons. The van der Waals surface area contributed by atoms with Crippen LogP contribution < -0.4 is 18.9 Å². The van der Waals surface area contributed by atoms with Gasteiger partial charge in [0.05, 0.1) is 26.4 Å². The van der Waals surface area contributed by atoms with Gasteiger partial charge in [0.25, 0.3) is 0 Å². The van der Waals surface area contributed by atoms with Gasteiger partial charge in [0.1, 0.15) is 25.7 Å². The first-order chi connectivity index (χ1) is 8.00. The van der Waals surface area contributed by atoms with Gasteiger partial charge in [-0.15, -0.1) is 0 Å². The zero-order chi connectivity index (χ0) is 13.0. The summed E-state index contributed by atoms with van der Waals surface area (Å²) in [5, 5.41) is 0. The monoisotopic (exact) mass is 268 g/mol. The quantitative estimate of drug-likeness (QED) is 0.410. The summed E-state index contributed by atoms with van der Waals surface area (Å²) < 4.78 is 59.4. The van der Waals surface area contributed by atoms with Gasteiger partial charge in [-0.25, -0.2) is 0 Å². The molecular weight excluding hydrogens is 254 g/mol. The summed E-state index contributed by atoms with van der Waals surface area (Å²) in [7, 11) is -6.00. The molecule has 0 aromatic heterocycles. The van der Waals surface area contributed by atoms with Crippen LogP contribution in [0, 0.1) is 0 Å². The molecule has 0 unspecified atom stereocenters. The Kier molecular flexibility index (Phi) is 14.5. The maximum Gasteiger partial charge on any atom is 1.00 e. The Balaban J connectivity index is 0. The van der Waals surface area contributed by atoms with Crippen LogP contribution in [0.5, 0.6) is 0 Å². The van der Waals surface area contributed by atoms with Crippen molar-refractivity contribution in [1.82, 2.24) is 0 Å². The molecule has 0 N–H and O–H groups in total. The fraction of sp³-hybridized carbons (Fsp3) is 0.750. The third kappa shape index (κ3) is 24.7. The van der Waals surface area contributed by atoms with Crippen LogP contribution in [0.3, 0.4) is 0 Å². The van der Waals surface area contributed by atoms with Crippen LogP contribution in [0.4, 0.5) is 17.3 Å². The smallest absolute Gasteiger partial charge is 0.496 e. The van der Waals surface area contributed by atoms with Crippen molar-refractivity contribution in [3.05, 3.63) is 12.5 Å². The van der Waals surface area contributed by atoms with Crippen LogP contribution >= 0.6 is 0 Å². The molecule has 0 fully saturated rings. The summed E-state index contributed by atoms with van der Waals surface area (Å²) in [5.41, 5.74) is 0. The Morgan fingerprint density at radius 1 is 0.667 bits per heavy atom. The second-order valence-corrected chi connectivity index (χ2v) is 2.73. The molecule has 18 heavy (non-hydrogen) atoms. The first kappa shape index (κ1) is 20.0. The summed E-state index contributed by atoms with van der Waals surface area (Å²) in [6.07, 6.45) is 3.04.